The molecule has 0 unspecified atom stereocenters. The third kappa shape index (κ3) is 8.26. The quantitative estimate of drug-likeness (QED) is 0.671. The highest BCUT2D eigenvalue weighted by Gasteiger charge is 2.16. The van der Waals surface area contributed by atoms with Gasteiger partial charge in [-0.25, -0.2) is 0 Å². The van der Waals surface area contributed by atoms with E-state index >= 15 is 0 Å². The van der Waals surface area contributed by atoms with E-state index in [4.69, 9.17) is 10.5 Å². The summed E-state index contributed by atoms with van der Waals surface area (Å²) in [6.45, 7) is 13.2. The van der Waals surface area contributed by atoms with Crippen molar-refractivity contribution in [3.8, 4) is 0 Å². The summed E-state index contributed by atoms with van der Waals surface area (Å²) in [6.07, 6.45) is 1.10. The Morgan fingerprint density at radius 3 is 2.00 bits per heavy atom. The highest BCUT2D eigenvalue weighted by Crippen LogP contribution is 2.19. The molecular formula is C11H25NO. The van der Waals surface area contributed by atoms with Gasteiger partial charge in [-0.1, -0.05) is 34.6 Å². The van der Waals surface area contributed by atoms with Gasteiger partial charge in [-0.05, 0) is 18.4 Å². The minimum absolute atomic E-state index is 0.123. The molecule has 0 aliphatic carbocycles. The first kappa shape index (κ1) is 12.9. The monoisotopic (exact) mass is 187 g/mol. The number of ether oxygens (including phenoxy) is 1. The summed E-state index contributed by atoms with van der Waals surface area (Å²) in [5, 5.41) is 0. The zero-order valence-corrected chi connectivity index (χ0v) is 9.81. The number of hydrogen-bond acceptors (Lipinski definition) is 2. The highest BCUT2D eigenvalue weighted by molar-refractivity contribution is 4.68. The fourth-order valence-electron chi connectivity index (χ4n) is 0.786. The Balaban J connectivity index is 3.47. The zero-order valence-electron chi connectivity index (χ0n) is 9.81. The second-order valence-corrected chi connectivity index (χ2v) is 5.73. The Morgan fingerprint density at radius 1 is 1.08 bits per heavy atom. The molecule has 2 nitrogen and oxygen atoms in total. The van der Waals surface area contributed by atoms with Gasteiger partial charge in [0.05, 0.1) is 6.61 Å². The Labute approximate surface area is 82.8 Å². The summed E-state index contributed by atoms with van der Waals surface area (Å²) in [7, 11) is 0. The molecule has 0 atom stereocenters. The third-order valence-corrected chi connectivity index (χ3v) is 2.04. The first-order valence-electron chi connectivity index (χ1n) is 5.05. The molecule has 0 rings (SSSR count). The van der Waals surface area contributed by atoms with Crippen molar-refractivity contribution < 1.29 is 4.74 Å². The van der Waals surface area contributed by atoms with Crippen molar-refractivity contribution in [2.45, 2.75) is 41.0 Å². The summed E-state index contributed by atoms with van der Waals surface area (Å²) in [5.74, 6) is 0. The molecule has 13 heavy (non-hydrogen) atoms. The molecule has 2 N–H and O–H groups in total. The second-order valence-electron chi connectivity index (χ2n) is 5.73. The molecule has 0 aromatic rings. The van der Waals surface area contributed by atoms with Crippen molar-refractivity contribution >= 4 is 0 Å². The lowest BCUT2D eigenvalue weighted by molar-refractivity contribution is 0.0515. The average Bonchev–Trinajstić information content (AvgIpc) is 1.97. The van der Waals surface area contributed by atoms with Gasteiger partial charge in [0.25, 0.3) is 0 Å². The van der Waals surface area contributed by atoms with Crippen LogP contribution in [0.4, 0.5) is 0 Å². The van der Waals surface area contributed by atoms with Gasteiger partial charge in [-0.3, -0.25) is 0 Å². The van der Waals surface area contributed by atoms with E-state index in [9.17, 15) is 0 Å². The molecule has 80 valence electrons. The van der Waals surface area contributed by atoms with E-state index in [0.717, 1.165) is 19.6 Å². The van der Waals surface area contributed by atoms with E-state index in [0.29, 0.717) is 12.0 Å². The summed E-state index contributed by atoms with van der Waals surface area (Å²) in [5.41, 5.74) is 6.09. The smallest absolute Gasteiger partial charge is 0.0529 e. The fourth-order valence-corrected chi connectivity index (χ4v) is 0.786. The summed E-state index contributed by atoms with van der Waals surface area (Å²) in [6, 6.07) is 0. The van der Waals surface area contributed by atoms with Crippen LogP contribution in [0, 0.1) is 10.8 Å². The van der Waals surface area contributed by atoms with Crippen LogP contribution in [0.1, 0.15) is 41.0 Å². The lowest BCUT2D eigenvalue weighted by Crippen LogP contribution is -2.29. The van der Waals surface area contributed by atoms with E-state index < -0.39 is 0 Å². The molecular weight excluding hydrogens is 162 g/mol. The Morgan fingerprint density at radius 2 is 1.62 bits per heavy atom. The minimum Gasteiger partial charge on any atom is -0.381 e. The minimum atomic E-state index is 0.123. The van der Waals surface area contributed by atoms with Crippen LogP contribution in [-0.4, -0.2) is 19.8 Å². The van der Waals surface area contributed by atoms with Crippen LogP contribution < -0.4 is 5.73 Å². The summed E-state index contributed by atoms with van der Waals surface area (Å²) >= 11 is 0. The first-order chi connectivity index (χ1) is 5.77. The molecule has 0 aliphatic rings. The predicted molar refractivity (Wildman–Crippen MR) is 57.7 cm³/mol. The van der Waals surface area contributed by atoms with Crippen molar-refractivity contribution in [3.05, 3.63) is 0 Å². The van der Waals surface area contributed by atoms with Crippen molar-refractivity contribution in [1.29, 1.82) is 0 Å². The van der Waals surface area contributed by atoms with Crippen molar-refractivity contribution in [1.82, 2.24) is 0 Å². The molecule has 0 saturated heterocycles. The number of nitrogens with two attached hydrogens (primary N) is 1. The zero-order chi connectivity index (χ0) is 10.5. The molecule has 0 fully saturated rings. The van der Waals surface area contributed by atoms with Gasteiger partial charge in [0.15, 0.2) is 0 Å². The van der Waals surface area contributed by atoms with Gasteiger partial charge >= 0.3 is 0 Å². The molecule has 0 spiro atoms. The summed E-state index contributed by atoms with van der Waals surface area (Å²) < 4.78 is 5.59. The number of hydrogen-bond donors (Lipinski definition) is 1. The average molecular weight is 187 g/mol. The predicted octanol–water partition coefficient (Wildman–Crippen LogP) is 2.42. The Bertz CT molecular complexity index is 136. The van der Waals surface area contributed by atoms with E-state index in [1.54, 1.807) is 0 Å². The molecule has 0 amide bonds. The van der Waals surface area contributed by atoms with E-state index in [1.165, 1.54) is 0 Å². The maximum absolute atomic E-state index is 5.59. The standard InChI is InChI=1S/C11H25NO/c1-10(2,3)6-7-13-9-11(4,5)8-12/h6-9,12H2,1-5H3. The van der Waals surface area contributed by atoms with E-state index in [-0.39, 0.29) is 5.41 Å². The first-order valence-corrected chi connectivity index (χ1v) is 5.05. The van der Waals surface area contributed by atoms with Crippen LogP contribution in [0.25, 0.3) is 0 Å². The van der Waals surface area contributed by atoms with Crippen LogP contribution >= 0.6 is 0 Å². The largest absolute Gasteiger partial charge is 0.381 e. The third-order valence-electron chi connectivity index (χ3n) is 2.04. The molecule has 2 heteroatoms. The van der Waals surface area contributed by atoms with Gasteiger partial charge in [-0.15, -0.1) is 0 Å². The molecule has 0 aromatic carbocycles. The topological polar surface area (TPSA) is 35.2 Å². The van der Waals surface area contributed by atoms with E-state index in [1.807, 2.05) is 0 Å². The second kappa shape index (κ2) is 4.97. The van der Waals surface area contributed by atoms with Crippen LogP contribution in [0.3, 0.4) is 0 Å². The Hall–Kier alpha value is -0.0800. The van der Waals surface area contributed by atoms with Gasteiger partial charge < -0.3 is 10.5 Å². The van der Waals surface area contributed by atoms with Crippen LogP contribution in [0.2, 0.25) is 0 Å². The van der Waals surface area contributed by atoms with Crippen molar-refractivity contribution in [2.75, 3.05) is 19.8 Å². The summed E-state index contributed by atoms with van der Waals surface area (Å²) in [4.78, 5) is 0. The maximum Gasteiger partial charge on any atom is 0.0529 e. The van der Waals surface area contributed by atoms with Crippen LogP contribution in [0.15, 0.2) is 0 Å². The van der Waals surface area contributed by atoms with Crippen molar-refractivity contribution in [3.63, 3.8) is 0 Å². The number of rotatable bonds is 5. The lowest BCUT2D eigenvalue weighted by atomic mass is 9.92. The fraction of sp³-hybridized carbons (Fsp3) is 1.00. The highest BCUT2D eigenvalue weighted by atomic mass is 16.5. The molecule has 0 heterocycles. The lowest BCUT2D eigenvalue weighted by Gasteiger charge is -2.24. The van der Waals surface area contributed by atoms with E-state index in [2.05, 4.69) is 34.6 Å². The Kier molecular flexibility index (Phi) is 4.93. The SMILES string of the molecule is CC(C)(C)CCOCC(C)(C)CN. The molecule has 0 saturated carbocycles. The van der Waals surface area contributed by atoms with Gasteiger partial charge in [0.1, 0.15) is 0 Å². The molecule has 0 aromatic heterocycles. The van der Waals surface area contributed by atoms with Crippen molar-refractivity contribution in [2.24, 2.45) is 16.6 Å². The van der Waals surface area contributed by atoms with Crippen LogP contribution in [0.5, 0.6) is 0 Å². The van der Waals surface area contributed by atoms with Gasteiger partial charge in [0, 0.05) is 12.0 Å². The molecule has 0 radical (unpaired) electrons. The molecule has 0 aliphatic heterocycles. The maximum atomic E-state index is 5.59. The van der Waals surface area contributed by atoms with Gasteiger partial charge in [0.2, 0.25) is 0 Å². The van der Waals surface area contributed by atoms with Crippen LogP contribution in [-0.2, 0) is 4.74 Å². The van der Waals surface area contributed by atoms with Gasteiger partial charge in [-0.2, -0.15) is 0 Å². The molecule has 0 bridgehead atoms. The normalized spacial score (nSPS) is 13.4.